The van der Waals surface area contributed by atoms with Crippen molar-refractivity contribution < 1.29 is 22.7 Å². The van der Waals surface area contributed by atoms with Crippen LogP contribution in [0.4, 0.5) is 5.69 Å². The maximum absolute atomic E-state index is 12.3. The van der Waals surface area contributed by atoms with Crippen LogP contribution in [-0.4, -0.2) is 46.4 Å². The third-order valence-corrected chi connectivity index (χ3v) is 4.41. The Hall–Kier alpha value is -2.00. The number of rotatable bonds is 6. The lowest BCUT2D eigenvalue weighted by molar-refractivity contribution is -0.118. The zero-order valence-corrected chi connectivity index (χ0v) is 12.2. The summed E-state index contributed by atoms with van der Waals surface area (Å²) in [5.74, 6) is -0.415. The molecule has 1 aromatic carbocycles. The lowest BCUT2D eigenvalue weighted by Crippen LogP contribution is -2.35. The average molecular weight is 303 g/mol. The number of carbonyl (C=O) groups excluding carboxylic acids is 1. The molecule has 9 heteroatoms. The molecule has 0 spiro atoms. The van der Waals surface area contributed by atoms with Crippen LogP contribution < -0.4 is 20.9 Å². The van der Waals surface area contributed by atoms with Crippen LogP contribution in [0.25, 0.3) is 0 Å². The predicted molar refractivity (Wildman–Crippen MR) is 73.0 cm³/mol. The van der Waals surface area contributed by atoms with E-state index in [1.165, 1.54) is 33.4 Å². The Labute approximate surface area is 117 Å². The molecule has 0 radical (unpaired) electrons. The van der Waals surface area contributed by atoms with Crippen molar-refractivity contribution in [3.8, 4) is 11.5 Å². The average Bonchev–Trinajstić information content (AvgIpc) is 2.37. The number of benzene rings is 1. The van der Waals surface area contributed by atoms with Crippen LogP contribution in [0.2, 0.25) is 0 Å². The highest BCUT2D eigenvalue weighted by molar-refractivity contribution is 7.89. The van der Waals surface area contributed by atoms with Crippen molar-refractivity contribution >= 4 is 21.6 Å². The molecule has 0 fully saturated rings. The normalized spacial score (nSPS) is 11.4. The molecule has 0 atom stereocenters. The second kappa shape index (κ2) is 5.97. The number of nitrogens with zero attached hydrogens (tertiary/aromatic N) is 1. The van der Waals surface area contributed by atoms with Gasteiger partial charge < -0.3 is 20.9 Å². The molecule has 4 N–H and O–H groups in total. The van der Waals surface area contributed by atoms with Gasteiger partial charge in [0, 0.05) is 13.1 Å². The number of amides is 1. The molecule has 0 unspecified atom stereocenters. The van der Waals surface area contributed by atoms with Crippen molar-refractivity contribution in [3.63, 3.8) is 0 Å². The molecule has 1 aromatic rings. The molecule has 0 bridgehead atoms. The predicted octanol–water partition coefficient (Wildman–Crippen LogP) is -0.608. The summed E-state index contributed by atoms with van der Waals surface area (Å²) in [6.07, 6.45) is 0. The molecule has 0 aliphatic carbocycles. The lowest BCUT2D eigenvalue weighted by Gasteiger charge is -2.18. The Balaban J connectivity index is 3.37. The van der Waals surface area contributed by atoms with E-state index in [9.17, 15) is 13.2 Å². The first-order valence-electron chi connectivity index (χ1n) is 5.50. The first kappa shape index (κ1) is 16.1. The van der Waals surface area contributed by atoms with Crippen LogP contribution in [0.5, 0.6) is 11.5 Å². The van der Waals surface area contributed by atoms with Gasteiger partial charge in [-0.25, -0.2) is 8.42 Å². The number of nitrogen functional groups attached to an aromatic ring is 1. The summed E-state index contributed by atoms with van der Waals surface area (Å²) in [5, 5.41) is 0. The molecule has 0 saturated carbocycles. The number of anilines is 1. The molecule has 20 heavy (non-hydrogen) atoms. The van der Waals surface area contributed by atoms with E-state index in [2.05, 4.69) is 0 Å². The van der Waals surface area contributed by atoms with Gasteiger partial charge in [0.25, 0.3) is 0 Å². The summed E-state index contributed by atoms with van der Waals surface area (Å²) in [5.41, 5.74) is 10.8. The zero-order chi connectivity index (χ0) is 15.5. The highest BCUT2D eigenvalue weighted by Gasteiger charge is 2.27. The number of carbonyl (C=O) groups is 1. The summed E-state index contributed by atoms with van der Waals surface area (Å²) in [6.45, 7) is -0.447. The second-order valence-electron chi connectivity index (χ2n) is 3.97. The maximum atomic E-state index is 12.3. The van der Waals surface area contributed by atoms with Gasteiger partial charge in [-0.3, -0.25) is 4.79 Å². The first-order valence-corrected chi connectivity index (χ1v) is 6.94. The maximum Gasteiger partial charge on any atom is 0.247 e. The molecule has 0 saturated heterocycles. The van der Waals surface area contributed by atoms with Crippen molar-refractivity contribution in [2.75, 3.05) is 33.5 Å². The number of sulfonamides is 1. The van der Waals surface area contributed by atoms with E-state index >= 15 is 0 Å². The third-order valence-electron chi connectivity index (χ3n) is 2.58. The van der Waals surface area contributed by atoms with Crippen molar-refractivity contribution in [2.24, 2.45) is 5.73 Å². The van der Waals surface area contributed by atoms with E-state index in [1.807, 2.05) is 0 Å². The molecule has 1 amide bonds. The summed E-state index contributed by atoms with van der Waals surface area (Å²) in [4.78, 5) is 10.7. The fourth-order valence-corrected chi connectivity index (χ4v) is 2.87. The molecular formula is C11H17N3O5S. The number of methoxy groups -OCH3 is 2. The summed E-state index contributed by atoms with van der Waals surface area (Å²) < 4.78 is 35.5. The molecule has 112 valence electrons. The smallest absolute Gasteiger partial charge is 0.247 e. The topological polar surface area (TPSA) is 125 Å². The van der Waals surface area contributed by atoms with E-state index in [1.54, 1.807) is 0 Å². The van der Waals surface area contributed by atoms with Gasteiger partial charge in [0.05, 0.1) is 26.5 Å². The van der Waals surface area contributed by atoms with E-state index in [-0.39, 0.29) is 16.3 Å². The van der Waals surface area contributed by atoms with E-state index in [0.717, 1.165) is 4.31 Å². The fourth-order valence-electron chi connectivity index (χ4n) is 1.57. The molecular weight excluding hydrogens is 286 g/mol. The van der Waals surface area contributed by atoms with Crippen molar-refractivity contribution in [1.82, 2.24) is 4.31 Å². The van der Waals surface area contributed by atoms with Crippen molar-refractivity contribution in [2.45, 2.75) is 4.90 Å². The van der Waals surface area contributed by atoms with Crippen LogP contribution in [0.1, 0.15) is 0 Å². The number of primary amides is 1. The largest absolute Gasteiger partial charge is 0.495 e. The fraction of sp³-hybridized carbons (Fsp3) is 0.364. The standard InChI is InChI=1S/C11H17N3O5S/c1-14(6-11(13)15)20(16,17)10-4-7(12)8(18-2)5-9(10)19-3/h4-5H,6,12H2,1-3H3,(H2,13,15). The monoisotopic (exact) mass is 303 g/mol. The Morgan fingerprint density at radius 1 is 1.25 bits per heavy atom. The second-order valence-corrected chi connectivity index (χ2v) is 5.99. The van der Waals surface area contributed by atoms with Crippen molar-refractivity contribution in [1.29, 1.82) is 0 Å². The minimum atomic E-state index is -3.95. The number of likely N-dealkylation sites (N-methyl/N-ethyl adjacent to an activating group) is 1. The highest BCUT2D eigenvalue weighted by Crippen LogP contribution is 2.34. The molecule has 1 rings (SSSR count). The molecule has 0 aromatic heterocycles. The highest BCUT2D eigenvalue weighted by atomic mass is 32.2. The van der Waals surface area contributed by atoms with Gasteiger partial charge in [0.2, 0.25) is 15.9 Å². The Bertz CT molecular complexity index is 615. The van der Waals surface area contributed by atoms with Gasteiger partial charge in [0.15, 0.2) is 0 Å². The summed E-state index contributed by atoms with van der Waals surface area (Å²) in [7, 11) is 0.00257. The minimum Gasteiger partial charge on any atom is -0.495 e. The van der Waals surface area contributed by atoms with Gasteiger partial charge in [-0.05, 0) is 6.07 Å². The van der Waals surface area contributed by atoms with E-state index in [0.29, 0.717) is 5.75 Å². The summed E-state index contributed by atoms with van der Waals surface area (Å²) in [6, 6.07) is 2.57. The van der Waals surface area contributed by atoms with E-state index < -0.39 is 22.5 Å². The molecule has 0 heterocycles. The van der Waals surface area contributed by atoms with Gasteiger partial charge in [0.1, 0.15) is 16.4 Å². The minimum absolute atomic E-state index is 0.0624. The Morgan fingerprint density at radius 3 is 2.25 bits per heavy atom. The zero-order valence-electron chi connectivity index (χ0n) is 11.4. The molecule has 0 aliphatic heterocycles. The Morgan fingerprint density at radius 2 is 1.80 bits per heavy atom. The first-order chi connectivity index (χ1) is 9.23. The SMILES string of the molecule is COc1cc(OC)c(S(=O)(=O)N(C)CC(N)=O)cc1N. The van der Waals surface area contributed by atoms with Gasteiger partial charge in [-0.15, -0.1) is 0 Å². The number of ether oxygens (including phenoxy) is 2. The molecule has 8 nitrogen and oxygen atoms in total. The summed E-state index contributed by atoms with van der Waals surface area (Å²) >= 11 is 0. The number of hydrogen-bond donors (Lipinski definition) is 2. The quantitative estimate of drug-likeness (QED) is 0.675. The van der Waals surface area contributed by atoms with Crippen LogP contribution in [-0.2, 0) is 14.8 Å². The van der Waals surface area contributed by atoms with Gasteiger partial charge in [-0.2, -0.15) is 4.31 Å². The van der Waals surface area contributed by atoms with Crippen LogP contribution in [0.15, 0.2) is 17.0 Å². The number of nitrogens with two attached hydrogens (primary N) is 2. The number of hydrogen-bond acceptors (Lipinski definition) is 6. The van der Waals surface area contributed by atoms with Crippen molar-refractivity contribution in [3.05, 3.63) is 12.1 Å². The Kier molecular flexibility index (Phi) is 4.79. The van der Waals surface area contributed by atoms with Crippen LogP contribution in [0, 0.1) is 0 Å². The molecule has 0 aliphatic rings. The van der Waals surface area contributed by atoms with Crippen LogP contribution >= 0.6 is 0 Å². The van der Waals surface area contributed by atoms with Gasteiger partial charge in [-0.1, -0.05) is 0 Å². The lowest BCUT2D eigenvalue weighted by atomic mass is 10.3. The van der Waals surface area contributed by atoms with Crippen LogP contribution in [0.3, 0.4) is 0 Å². The third kappa shape index (κ3) is 3.11. The van der Waals surface area contributed by atoms with Gasteiger partial charge >= 0.3 is 0 Å². The van der Waals surface area contributed by atoms with E-state index in [4.69, 9.17) is 20.9 Å².